The van der Waals surface area contributed by atoms with Gasteiger partial charge in [0.25, 0.3) is 0 Å². The third-order valence-electron chi connectivity index (χ3n) is 3.42. The van der Waals surface area contributed by atoms with Crippen molar-refractivity contribution in [3.63, 3.8) is 0 Å². The second-order valence-electron chi connectivity index (χ2n) is 4.87. The average Bonchev–Trinajstić information content (AvgIpc) is 2.39. The van der Waals surface area contributed by atoms with Crippen molar-refractivity contribution in [2.45, 2.75) is 39.5 Å². The summed E-state index contributed by atoms with van der Waals surface area (Å²) in [4.78, 5) is 11.9. The van der Waals surface area contributed by atoms with Crippen LogP contribution in [0.5, 0.6) is 0 Å². The van der Waals surface area contributed by atoms with Gasteiger partial charge in [0.1, 0.15) is 0 Å². The summed E-state index contributed by atoms with van der Waals surface area (Å²) in [6, 6.07) is 5.60. The number of para-hydroxylation sites is 1. The predicted molar refractivity (Wildman–Crippen MR) is 81.5 cm³/mol. The molecule has 0 aliphatic rings. The summed E-state index contributed by atoms with van der Waals surface area (Å²) < 4.78 is 0. The van der Waals surface area contributed by atoms with Crippen molar-refractivity contribution in [2.24, 2.45) is 11.7 Å². The second kappa shape index (κ2) is 8.18. The van der Waals surface area contributed by atoms with E-state index in [9.17, 15) is 4.79 Å². The Morgan fingerprint density at radius 2 is 2.16 bits per heavy atom. The molecule has 1 atom stereocenters. The maximum atomic E-state index is 11.9. The van der Waals surface area contributed by atoms with Gasteiger partial charge in [0.2, 0.25) is 5.91 Å². The number of hydrogen-bond acceptors (Lipinski definition) is 2. The van der Waals surface area contributed by atoms with Gasteiger partial charge in [-0.25, -0.2) is 0 Å². The number of aryl methyl sites for hydroxylation is 1. The predicted octanol–water partition coefficient (Wildman–Crippen LogP) is 3.74. The first kappa shape index (κ1) is 16.0. The first-order valence-electron chi connectivity index (χ1n) is 6.83. The number of anilines is 1. The Kier molecular flexibility index (Phi) is 6.89. The van der Waals surface area contributed by atoms with Crippen molar-refractivity contribution >= 4 is 23.2 Å². The van der Waals surface area contributed by atoms with Crippen LogP contribution in [-0.4, -0.2) is 12.5 Å². The normalized spacial score (nSPS) is 12.2. The molecule has 0 bridgehead atoms. The molecule has 1 aromatic rings. The molecule has 0 heterocycles. The molecule has 0 aromatic heterocycles. The summed E-state index contributed by atoms with van der Waals surface area (Å²) >= 11 is 6.08. The summed E-state index contributed by atoms with van der Waals surface area (Å²) in [6.07, 6.45) is 3.44. The van der Waals surface area contributed by atoms with Crippen LogP contribution in [0.1, 0.15) is 38.2 Å². The Balaban J connectivity index is 2.51. The summed E-state index contributed by atoms with van der Waals surface area (Å²) in [6.45, 7) is 4.75. The fraction of sp³-hybridized carbons (Fsp3) is 0.533. The first-order valence-corrected chi connectivity index (χ1v) is 7.21. The Labute approximate surface area is 120 Å². The maximum Gasteiger partial charge on any atom is 0.224 e. The summed E-state index contributed by atoms with van der Waals surface area (Å²) in [7, 11) is 0. The number of carbonyl (C=O) groups excluding carboxylic acids is 1. The molecule has 3 nitrogen and oxygen atoms in total. The van der Waals surface area contributed by atoms with E-state index in [2.05, 4.69) is 12.2 Å². The number of carbonyl (C=O) groups is 1. The first-order chi connectivity index (χ1) is 9.08. The largest absolute Gasteiger partial charge is 0.330 e. The molecule has 106 valence electrons. The molecule has 0 aliphatic heterocycles. The highest BCUT2D eigenvalue weighted by molar-refractivity contribution is 6.33. The van der Waals surface area contributed by atoms with Crippen molar-refractivity contribution < 1.29 is 4.79 Å². The number of nitrogens with one attached hydrogen (secondary N) is 1. The minimum atomic E-state index is 0.0201. The standard InChI is InChI=1S/C15H23ClN2O/c1-3-12(9-10-17)7-8-14(19)18-15-11(2)5-4-6-13(15)16/h4-6,12H,3,7-10,17H2,1-2H3,(H,18,19). The highest BCUT2D eigenvalue weighted by atomic mass is 35.5. The van der Waals surface area contributed by atoms with Gasteiger partial charge in [-0.15, -0.1) is 0 Å². The molecule has 0 radical (unpaired) electrons. The van der Waals surface area contributed by atoms with E-state index in [4.69, 9.17) is 17.3 Å². The van der Waals surface area contributed by atoms with E-state index >= 15 is 0 Å². The van der Waals surface area contributed by atoms with Gasteiger partial charge in [0.15, 0.2) is 0 Å². The molecule has 1 unspecified atom stereocenters. The number of nitrogens with two attached hydrogens (primary N) is 1. The van der Waals surface area contributed by atoms with Crippen LogP contribution in [0.3, 0.4) is 0 Å². The Hall–Kier alpha value is -1.06. The number of rotatable bonds is 7. The van der Waals surface area contributed by atoms with Gasteiger partial charge in [-0.3, -0.25) is 4.79 Å². The molecule has 0 spiro atoms. The van der Waals surface area contributed by atoms with Gasteiger partial charge in [-0.05, 0) is 43.9 Å². The molecule has 4 heteroatoms. The third-order valence-corrected chi connectivity index (χ3v) is 3.73. The Morgan fingerprint density at radius 3 is 2.74 bits per heavy atom. The zero-order chi connectivity index (χ0) is 14.3. The van der Waals surface area contributed by atoms with Crippen LogP contribution in [0.15, 0.2) is 18.2 Å². The number of amides is 1. The highest BCUT2D eigenvalue weighted by Crippen LogP contribution is 2.25. The minimum absolute atomic E-state index is 0.0201. The van der Waals surface area contributed by atoms with Gasteiger partial charge in [-0.1, -0.05) is 37.1 Å². The third kappa shape index (κ3) is 5.21. The fourth-order valence-corrected chi connectivity index (χ4v) is 2.38. The lowest BCUT2D eigenvalue weighted by atomic mass is 9.96. The topological polar surface area (TPSA) is 55.1 Å². The average molecular weight is 283 g/mol. The lowest BCUT2D eigenvalue weighted by Gasteiger charge is -2.14. The van der Waals surface area contributed by atoms with E-state index in [1.807, 2.05) is 19.1 Å². The molecule has 0 aliphatic carbocycles. The molecule has 3 N–H and O–H groups in total. The van der Waals surface area contributed by atoms with E-state index in [1.165, 1.54) is 0 Å². The Morgan fingerprint density at radius 1 is 1.42 bits per heavy atom. The summed E-state index contributed by atoms with van der Waals surface area (Å²) in [5, 5.41) is 3.48. The molecule has 1 amide bonds. The van der Waals surface area contributed by atoms with Crippen molar-refractivity contribution in [3.05, 3.63) is 28.8 Å². The molecular weight excluding hydrogens is 260 g/mol. The van der Waals surface area contributed by atoms with Gasteiger partial charge >= 0.3 is 0 Å². The fourth-order valence-electron chi connectivity index (χ4n) is 2.12. The van der Waals surface area contributed by atoms with E-state index in [-0.39, 0.29) is 5.91 Å². The summed E-state index contributed by atoms with van der Waals surface area (Å²) in [5.74, 6) is 0.551. The van der Waals surface area contributed by atoms with Gasteiger partial charge < -0.3 is 11.1 Å². The molecule has 0 fully saturated rings. The number of hydrogen-bond donors (Lipinski definition) is 2. The quantitative estimate of drug-likeness (QED) is 0.800. The van der Waals surface area contributed by atoms with Gasteiger partial charge in [-0.2, -0.15) is 0 Å². The van der Waals surface area contributed by atoms with Crippen molar-refractivity contribution in [2.75, 3.05) is 11.9 Å². The molecule has 1 aromatic carbocycles. The van der Waals surface area contributed by atoms with Crippen molar-refractivity contribution in [3.8, 4) is 0 Å². The maximum absolute atomic E-state index is 11.9. The van der Waals surface area contributed by atoms with Crippen LogP contribution >= 0.6 is 11.6 Å². The number of benzene rings is 1. The molecule has 1 rings (SSSR count). The minimum Gasteiger partial charge on any atom is -0.330 e. The van der Waals surface area contributed by atoms with E-state index in [0.29, 0.717) is 23.9 Å². The smallest absolute Gasteiger partial charge is 0.224 e. The molecule has 0 saturated heterocycles. The molecule has 19 heavy (non-hydrogen) atoms. The van der Waals surface area contributed by atoms with Crippen molar-refractivity contribution in [1.29, 1.82) is 0 Å². The van der Waals surface area contributed by atoms with Gasteiger partial charge in [0, 0.05) is 6.42 Å². The monoisotopic (exact) mass is 282 g/mol. The van der Waals surface area contributed by atoms with Gasteiger partial charge in [0.05, 0.1) is 10.7 Å². The van der Waals surface area contributed by atoms with Crippen LogP contribution < -0.4 is 11.1 Å². The SMILES string of the molecule is CCC(CCN)CCC(=O)Nc1c(C)cccc1Cl. The van der Waals surface area contributed by atoms with E-state index in [0.717, 1.165) is 30.5 Å². The van der Waals surface area contributed by atoms with Crippen LogP contribution in [0.4, 0.5) is 5.69 Å². The number of halogens is 1. The lowest BCUT2D eigenvalue weighted by Crippen LogP contribution is -2.15. The zero-order valence-corrected chi connectivity index (χ0v) is 12.5. The van der Waals surface area contributed by atoms with Crippen LogP contribution in [0.25, 0.3) is 0 Å². The Bertz CT molecular complexity index is 400. The van der Waals surface area contributed by atoms with Crippen molar-refractivity contribution in [1.82, 2.24) is 0 Å². The van der Waals surface area contributed by atoms with E-state index in [1.54, 1.807) is 6.07 Å². The van der Waals surface area contributed by atoms with Crippen LogP contribution in [0, 0.1) is 12.8 Å². The molecular formula is C15H23ClN2O. The molecule has 0 saturated carbocycles. The zero-order valence-electron chi connectivity index (χ0n) is 11.7. The van der Waals surface area contributed by atoms with Crippen LogP contribution in [-0.2, 0) is 4.79 Å². The highest BCUT2D eigenvalue weighted by Gasteiger charge is 2.11. The second-order valence-corrected chi connectivity index (χ2v) is 5.28. The summed E-state index contributed by atoms with van der Waals surface area (Å²) in [5.41, 5.74) is 7.26. The van der Waals surface area contributed by atoms with E-state index < -0.39 is 0 Å². The van der Waals surface area contributed by atoms with Crippen LogP contribution in [0.2, 0.25) is 5.02 Å². The lowest BCUT2D eigenvalue weighted by molar-refractivity contribution is -0.116.